The Labute approximate surface area is 557 Å². The van der Waals surface area contributed by atoms with E-state index in [2.05, 4.69) is 107 Å². The molecule has 1 heterocycles. The van der Waals surface area contributed by atoms with Crippen molar-refractivity contribution in [1.82, 2.24) is 0 Å². The average molecular weight is 1250 g/mol. The van der Waals surface area contributed by atoms with Crippen LogP contribution in [0.2, 0.25) is 0 Å². The van der Waals surface area contributed by atoms with Crippen molar-refractivity contribution in [2.24, 2.45) is 0 Å². The summed E-state index contributed by atoms with van der Waals surface area (Å²) in [6, 6.07) is 9.27. The standard InChI is InChI=1S/C32H44N2.2C26H53.Ni/c1-8-15-16-26-21-31(27-17-22(9-2)29(13-6)23(10-3)18-27)34(33)32(26)28-19-24(11-4)30(14-7)25(12-5)20-28;2*1-3-5-7-9-11-13-15-17-19-21-23-25-26-24-22-20-18-16-14-12-10-8-6-4-2;/h17-21H,8-16H2,1-7H3;2*1,3-26H2,2H3;/q;2*-1;+2. The van der Waals surface area contributed by atoms with E-state index in [1.54, 1.807) is 0 Å². The first-order chi connectivity index (χ1) is 42.3. The molecule has 0 saturated heterocycles. The topological polar surface area (TPSA) is 25.3 Å². The monoisotopic (exact) mass is 1250 g/mol. The largest absolute Gasteiger partial charge is 2.00 e. The molecule has 3 heteroatoms. The SMILES string of the molecule is CCCCC1=C(c2cc(CC)c(CC)c(CC)c2)[N+](=[N-])C(c2cc(CC)c(CC)c(CC)c2)=C1.[CH2-]CCCCCCCCCCCCCCCCCCCCCCCCC.[CH2-]CCCCCCCCCCCCCCCCCCCCCCCCC.[Ni+2]. The van der Waals surface area contributed by atoms with Gasteiger partial charge in [-0.2, -0.15) is 12.8 Å². The van der Waals surface area contributed by atoms with Crippen LogP contribution in [0.1, 0.15) is 434 Å². The number of benzene rings is 2. The minimum Gasteiger partial charge on any atom is -0.493 e. The summed E-state index contributed by atoms with van der Waals surface area (Å²) in [4.78, 5) is 0. The maximum Gasteiger partial charge on any atom is 2.00 e. The summed E-state index contributed by atoms with van der Waals surface area (Å²) in [6.07, 6.45) is 81.3. The van der Waals surface area contributed by atoms with Crippen LogP contribution in [0, 0.1) is 13.8 Å². The van der Waals surface area contributed by atoms with Crippen molar-refractivity contribution in [3.63, 3.8) is 0 Å². The van der Waals surface area contributed by atoms with Gasteiger partial charge in [0.15, 0.2) is 0 Å². The molecule has 506 valence electrons. The van der Waals surface area contributed by atoms with Crippen molar-refractivity contribution >= 4 is 11.4 Å². The van der Waals surface area contributed by atoms with Crippen LogP contribution in [-0.2, 0) is 55.0 Å². The third-order valence-electron chi connectivity index (χ3n) is 19.2. The Morgan fingerprint density at radius 1 is 0.287 bits per heavy atom. The van der Waals surface area contributed by atoms with E-state index in [9.17, 15) is 5.53 Å². The van der Waals surface area contributed by atoms with Gasteiger partial charge in [0, 0.05) is 22.8 Å². The molecule has 3 rings (SSSR count). The van der Waals surface area contributed by atoms with E-state index >= 15 is 0 Å². The van der Waals surface area contributed by atoms with Crippen molar-refractivity contribution < 1.29 is 21.2 Å². The fourth-order valence-electron chi connectivity index (χ4n) is 13.6. The molecule has 0 saturated carbocycles. The number of nitrogens with zero attached hydrogens (tertiary/aromatic N) is 2. The first-order valence-electron chi connectivity index (χ1n) is 39.1. The van der Waals surface area contributed by atoms with Gasteiger partial charge in [0.25, 0.3) is 0 Å². The van der Waals surface area contributed by atoms with Crippen LogP contribution in [0.4, 0.5) is 0 Å². The third kappa shape index (κ3) is 42.0. The van der Waals surface area contributed by atoms with Crippen LogP contribution in [0.15, 0.2) is 35.9 Å². The van der Waals surface area contributed by atoms with Gasteiger partial charge in [-0.15, -0.1) is 0 Å². The van der Waals surface area contributed by atoms with Crippen LogP contribution >= 0.6 is 0 Å². The quantitative estimate of drug-likeness (QED) is 0.0273. The van der Waals surface area contributed by atoms with Gasteiger partial charge in [0.2, 0.25) is 11.4 Å². The number of allylic oxidation sites excluding steroid dienone is 2. The van der Waals surface area contributed by atoms with Crippen LogP contribution < -0.4 is 0 Å². The summed E-state index contributed by atoms with van der Waals surface area (Å²) in [5.41, 5.74) is 25.7. The summed E-state index contributed by atoms with van der Waals surface area (Å²) in [7, 11) is 0. The van der Waals surface area contributed by atoms with E-state index in [4.69, 9.17) is 0 Å². The number of hydrogen-bond acceptors (Lipinski definition) is 0. The van der Waals surface area contributed by atoms with E-state index < -0.39 is 0 Å². The normalized spacial score (nSPS) is 12.1. The molecule has 1 aliphatic heterocycles. The number of hydrogen-bond donors (Lipinski definition) is 0. The van der Waals surface area contributed by atoms with Gasteiger partial charge >= 0.3 is 16.5 Å². The van der Waals surface area contributed by atoms with E-state index in [1.165, 1.54) is 339 Å². The molecule has 2 aromatic carbocycles. The maximum absolute atomic E-state index is 11.6. The smallest absolute Gasteiger partial charge is 0.493 e. The predicted molar refractivity (Wildman–Crippen MR) is 391 cm³/mol. The molecule has 0 bridgehead atoms. The molecule has 2 aromatic rings. The Morgan fingerprint density at radius 2 is 0.506 bits per heavy atom. The van der Waals surface area contributed by atoms with Gasteiger partial charge in [0.1, 0.15) is 0 Å². The zero-order valence-corrected chi connectivity index (χ0v) is 61.3. The molecule has 2 nitrogen and oxygen atoms in total. The minimum atomic E-state index is 0. The van der Waals surface area contributed by atoms with E-state index in [-0.39, 0.29) is 16.5 Å². The fraction of sp³-hybridized carbons (Fsp3) is 0.786. The van der Waals surface area contributed by atoms with Crippen molar-refractivity contribution in [3.05, 3.63) is 99.8 Å². The van der Waals surface area contributed by atoms with Crippen LogP contribution in [0.3, 0.4) is 0 Å². The van der Waals surface area contributed by atoms with Crippen LogP contribution in [-0.4, -0.2) is 4.70 Å². The van der Waals surface area contributed by atoms with E-state index in [0.717, 1.165) is 93.2 Å². The molecule has 0 unspecified atom stereocenters. The number of aryl methyl sites for hydroxylation is 4. The molecule has 87 heavy (non-hydrogen) atoms. The van der Waals surface area contributed by atoms with Gasteiger partial charge < -0.3 is 19.4 Å². The Bertz CT molecular complexity index is 1770. The van der Waals surface area contributed by atoms with Gasteiger partial charge in [-0.05, 0) is 109 Å². The second kappa shape index (κ2) is 62.8. The molecule has 1 aliphatic rings. The maximum atomic E-state index is 11.6. The summed E-state index contributed by atoms with van der Waals surface area (Å²) in [5.74, 6) is 0. The van der Waals surface area contributed by atoms with Gasteiger partial charge in [-0.1, -0.05) is 364 Å². The van der Waals surface area contributed by atoms with Gasteiger partial charge in [0.05, 0.1) is 0 Å². The third-order valence-corrected chi connectivity index (χ3v) is 19.2. The molecule has 0 spiro atoms. The molecule has 0 aromatic heterocycles. The molecule has 0 radical (unpaired) electrons. The van der Waals surface area contributed by atoms with Crippen molar-refractivity contribution in [2.45, 2.75) is 428 Å². The molecular weight excluding hydrogens is 1100 g/mol. The summed E-state index contributed by atoms with van der Waals surface area (Å²) < 4.78 is 1.49. The minimum absolute atomic E-state index is 0. The fourth-order valence-corrected chi connectivity index (χ4v) is 13.6. The van der Waals surface area contributed by atoms with Crippen LogP contribution in [0.5, 0.6) is 0 Å². The molecule has 0 aliphatic carbocycles. The van der Waals surface area contributed by atoms with Crippen molar-refractivity contribution in [2.75, 3.05) is 0 Å². The van der Waals surface area contributed by atoms with E-state index in [0.29, 0.717) is 0 Å². The first-order valence-corrected chi connectivity index (χ1v) is 39.1. The second-order valence-corrected chi connectivity index (χ2v) is 26.7. The van der Waals surface area contributed by atoms with Gasteiger partial charge in [-0.25, -0.2) is 4.70 Å². The zero-order valence-electron chi connectivity index (χ0n) is 60.3. The van der Waals surface area contributed by atoms with E-state index in [1.807, 2.05) is 0 Å². The summed E-state index contributed by atoms with van der Waals surface area (Å²) >= 11 is 0. The Balaban J connectivity index is 0.00000129. The average Bonchev–Trinajstić information content (AvgIpc) is 1.83. The molecular formula is C84H150N2Ni. The Morgan fingerprint density at radius 3 is 0.713 bits per heavy atom. The molecule has 0 amide bonds. The molecule has 0 atom stereocenters. The second-order valence-electron chi connectivity index (χ2n) is 26.7. The van der Waals surface area contributed by atoms with Gasteiger partial charge in [-0.3, -0.25) is 0 Å². The number of rotatable bonds is 57. The summed E-state index contributed by atoms with van der Waals surface area (Å²) in [6.45, 7) is 28.1. The predicted octanol–water partition coefficient (Wildman–Crippen LogP) is 29.5. The van der Waals surface area contributed by atoms with Crippen molar-refractivity contribution in [3.8, 4) is 0 Å². The first kappa shape index (κ1) is 85.0. The summed E-state index contributed by atoms with van der Waals surface area (Å²) in [5, 5.41) is 0. The Kier molecular flexibility index (Phi) is 61.4. The Hall–Kier alpha value is -1.99. The number of unbranched alkanes of at least 4 members (excludes halogenated alkanes) is 47. The van der Waals surface area contributed by atoms with Crippen LogP contribution in [0.25, 0.3) is 16.9 Å². The molecule has 0 fully saturated rings. The molecule has 0 N–H and O–H groups in total. The zero-order chi connectivity index (χ0) is 62.8. The van der Waals surface area contributed by atoms with Crippen molar-refractivity contribution in [1.29, 1.82) is 0 Å².